The van der Waals surface area contributed by atoms with Crippen LogP contribution in [0.2, 0.25) is 0 Å². The van der Waals surface area contributed by atoms with Crippen molar-refractivity contribution in [3.05, 3.63) is 95.8 Å². The van der Waals surface area contributed by atoms with E-state index in [0.717, 1.165) is 16.9 Å². The van der Waals surface area contributed by atoms with Gasteiger partial charge in [0.2, 0.25) is 0 Å². The molecule has 0 aliphatic rings. The molecule has 7 nitrogen and oxygen atoms in total. The van der Waals surface area contributed by atoms with Crippen molar-refractivity contribution in [1.82, 2.24) is 9.97 Å². The fourth-order valence-electron chi connectivity index (χ4n) is 3.32. The van der Waals surface area contributed by atoms with Gasteiger partial charge in [0.05, 0.1) is 0 Å². The van der Waals surface area contributed by atoms with Crippen molar-refractivity contribution < 1.29 is 9.53 Å². The van der Waals surface area contributed by atoms with Gasteiger partial charge in [0.1, 0.15) is 23.2 Å². The van der Waals surface area contributed by atoms with Crippen molar-refractivity contribution in [3.63, 3.8) is 0 Å². The maximum atomic E-state index is 12.2. The highest BCUT2D eigenvalue weighted by Crippen LogP contribution is 2.22. The number of nitrogens with zero attached hydrogens (tertiary/aromatic N) is 2. The first kappa shape index (κ1) is 22.8. The molecule has 4 aromatic rings. The van der Waals surface area contributed by atoms with Gasteiger partial charge in [0, 0.05) is 23.1 Å². The summed E-state index contributed by atoms with van der Waals surface area (Å²) in [6.07, 6.45) is 0. The number of ether oxygens (including phenoxy) is 1. The van der Waals surface area contributed by atoms with Gasteiger partial charge in [-0.15, -0.1) is 0 Å². The molecule has 4 rings (SSSR count). The molecular weight excluding hydrogens is 426 g/mol. The van der Waals surface area contributed by atoms with Gasteiger partial charge >= 0.3 is 0 Å². The summed E-state index contributed by atoms with van der Waals surface area (Å²) in [6, 6.07) is 25.0. The monoisotopic (exact) mass is 453 g/mol. The maximum Gasteiger partial charge on any atom is 0.262 e. The Bertz CT molecular complexity index is 1270. The number of carbonyl (C=O) groups excluding carboxylic acids is 1. The third-order valence-electron chi connectivity index (χ3n) is 5.06. The lowest BCUT2D eigenvalue weighted by Gasteiger charge is -2.12. The van der Waals surface area contributed by atoms with E-state index in [1.165, 1.54) is 5.56 Å². The van der Waals surface area contributed by atoms with Gasteiger partial charge < -0.3 is 20.7 Å². The van der Waals surface area contributed by atoms with Crippen LogP contribution in [-0.2, 0) is 4.79 Å². The van der Waals surface area contributed by atoms with Gasteiger partial charge in [-0.2, -0.15) is 0 Å². The van der Waals surface area contributed by atoms with Crippen LogP contribution >= 0.6 is 0 Å². The highest BCUT2D eigenvalue weighted by atomic mass is 16.5. The summed E-state index contributed by atoms with van der Waals surface area (Å²) in [5.74, 6) is 2.51. The quantitative estimate of drug-likeness (QED) is 0.308. The molecule has 1 amide bonds. The zero-order chi connectivity index (χ0) is 23.9. The second kappa shape index (κ2) is 10.5. The van der Waals surface area contributed by atoms with Crippen LogP contribution in [0.3, 0.4) is 0 Å². The summed E-state index contributed by atoms with van der Waals surface area (Å²) >= 11 is 0. The third kappa shape index (κ3) is 6.32. The van der Waals surface area contributed by atoms with Crippen molar-refractivity contribution in [2.45, 2.75) is 20.8 Å². The Kier molecular flexibility index (Phi) is 7.03. The van der Waals surface area contributed by atoms with Crippen molar-refractivity contribution in [2.75, 3.05) is 22.6 Å². The number of anilines is 5. The number of carbonyl (C=O) groups is 1. The van der Waals surface area contributed by atoms with E-state index in [0.29, 0.717) is 28.9 Å². The average molecular weight is 454 g/mol. The maximum absolute atomic E-state index is 12.2. The highest BCUT2D eigenvalue weighted by molar-refractivity contribution is 5.92. The van der Waals surface area contributed by atoms with Gasteiger partial charge in [-0.05, 0) is 68.8 Å². The molecule has 3 N–H and O–H groups in total. The smallest absolute Gasteiger partial charge is 0.262 e. The lowest BCUT2D eigenvalue weighted by molar-refractivity contribution is -0.118. The van der Waals surface area contributed by atoms with E-state index in [2.05, 4.69) is 32.8 Å². The Morgan fingerprint density at radius 2 is 1.32 bits per heavy atom. The first-order valence-corrected chi connectivity index (χ1v) is 11.0. The number of amides is 1. The summed E-state index contributed by atoms with van der Waals surface area (Å²) in [7, 11) is 0. The standard InChI is InChI=1S/C27H27N5O2/c1-18-8-10-21(11-9-18)30-25-16-26(29-20(3)28-25)31-22-12-14-23(15-13-22)32-27(33)17-34-24-7-5-4-6-19(24)2/h4-16H,17H2,1-3H3,(H,32,33)(H2,28,29,30,31). The molecule has 0 unspecified atom stereocenters. The van der Waals surface area contributed by atoms with E-state index >= 15 is 0 Å². The molecular formula is C27H27N5O2. The van der Waals surface area contributed by atoms with Crippen LogP contribution in [0, 0.1) is 20.8 Å². The molecule has 0 fully saturated rings. The van der Waals surface area contributed by atoms with Crippen LogP contribution in [0.5, 0.6) is 5.75 Å². The fraction of sp³-hybridized carbons (Fsp3) is 0.148. The molecule has 172 valence electrons. The highest BCUT2D eigenvalue weighted by Gasteiger charge is 2.07. The summed E-state index contributed by atoms with van der Waals surface area (Å²) in [5, 5.41) is 9.44. The molecule has 34 heavy (non-hydrogen) atoms. The summed E-state index contributed by atoms with van der Waals surface area (Å²) in [4.78, 5) is 21.2. The molecule has 1 aromatic heterocycles. The Morgan fingerprint density at radius 3 is 1.94 bits per heavy atom. The Hall–Kier alpha value is -4.39. The van der Waals surface area contributed by atoms with Gasteiger partial charge in [0.25, 0.3) is 5.91 Å². The number of benzene rings is 3. The van der Waals surface area contributed by atoms with E-state index in [1.54, 1.807) is 0 Å². The van der Waals surface area contributed by atoms with Crippen LogP contribution in [0.15, 0.2) is 78.9 Å². The Balaban J connectivity index is 1.35. The molecule has 0 bridgehead atoms. The zero-order valence-corrected chi connectivity index (χ0v) is 19.4. The molecule has 0 atom stereocenters. The molecule has 0 aliphatic heterocycles. The number of para-hydroxylation sites is 1. The SMILES string of the molecule is Cc1ccc(Nc2cc(Nc3ccc(NC(=O)COc4ccccc4C)cc3)nc(C)n2)cc1. The van der Waals surface area contributed by atoms with Gasteiger partial charge in [-0.3, -0.25) is 4.79 Å². The van der Waals surface area contributed by atoms with E-state index in [1.807, 2.05) is 92.7 Å². The number of hydrogen-bond donors (Lipinski definition) is 3. The van der Waals surface area contributed by atoms with Gasteiger partial charge in [-0.1, -0.05) is 35.9 Å². The summed E-state index contributed by atoms with van der Waals surface area (Å²) in [6.45, 7) is 5.79. The lowest BCUT2D eigenvalue weighted by atomic mass is 10.2. The molecule has 0 saturated carbocycles. The van der Waals surface area contributed by atoms with Crippen molar-refractivity contribution >= 4 is 34.6 Å². The molecule has 1 heterocycles. The van der Waals surface area contributed by atoms with Crippen LogP contribution in [0.4, 0.5) is 28.7 Å². The van der Waals surface area contributed by atoms with Crippen LogP contribution in [-0.4, -0.2) is 22.5 Å². The van der Waals surface area contributed by atoms with Crippen LogP contribution < -0.4 is 20.7 Å². The minimum atomic E-state index is -0.220. The molecule has 7 heteroatoms. The number of aryl methyl sites for hydroxylation is 3. The van der Waals surface area contributed by atoms with Gasteiger partial charge in [0.15, 0.2) is 6.61 Å². The normalized spacial score (nSPS) is 10.4. The first-order valence-electron chi connectivity index (χ1n) is 11.0. The van der Waals surface area contributed by atoms with Gasteiger partial charge in [-0.25, -0.2) is 9.97 Å². The molecule has 0 spiro atoms. The number of rotatable bonds is 8. The number of aromatic nitrogens is 2. The minimum Gasteiger partial charge on any atom is -0.483 e. The van der Waals surface area contributed by atoms with E-state index in [-0.39, 0.29) is 12.5 Å². The number of hydrogen-bond acceptors (Lipinski definition) is 6. The topological polar surface area (TPSA) is 88.2 Å². The second-order valence-corrected chi connectivity index (χ2v) is 7.98. The molecule has 0 saturated heterocycles. The largest absolute Gasteiger partial charge is 0.483 e. The van der Waals surface area contributed by atoms with Crippen molar-refractivity contribution in [3.8, 4) is 5.75 Å². The third-order valence-corrected chi connectivity index (χ3v) is 5.06. The second-order valence-electron chi connectivity index (χ2n) is 7.98. The number of nitrogens with one attached hydrogen (secondary N) is 3. The van der Waals surface area contributed by atoms with E-state index in [9.17, 15) is 4.79 Å². The van der Waals surface area contributed by atoms with E-state index < -0.39 is 0 Å². The molecule has 0 aliphatic carbocycles. The Morgan fingerprint density at radius 1 is 0.765 bits per heavy atom. The van der Waals surface area contributed by atoms with Crippen LogP contribution in [0.25, 0.3) is 0 Å². The zero-order valence-electron chi connectivity index (χ0n) is 19.4. The van der Waals surface area contributed by atoms with Crippen LogP contribution in [0.1, 0.15) is 17.0 Å². The Labute approximate surface area is 199 Å². The molecule has 3 aromatic carbocycles. The predicted octanol–water partition coefficient (Wildman–Crippen LogP) is 5.91. The van der Waals surface area contributed by atoms with E-state index in [4.69, 9.17) is 4.74 Å². The summed E-state index contributed by atoms with van der Waals surface area (Å²) < 4.78 is 5.60. The predicted molar refractivity (Wildman–Crippen MR) is 136 cm³/mol. The summed E-state index contributed by atoms with van der Waals surface area (Å²) in [5.41, 5.74) is 4.67. The van der Waals surface area contributed by atoms with Crippen molar-refractivity contribution in [1.29, 1.82) is 0 Å². The minimum absolute atomic E-state index is 0.0537. The lowest BCUT2D eigenvalue weighted by Crippen LogP contribution is -2.20. The average Bonchev–Trinajstić information content (AvgIpc) is 2.81. The molecule has 0 radical (unpaired) electrons. The fourth-order valence-corrected chi connectivity index (χ4v) is 3.32. The van der Waals surface area contributed by atoms with Crippen molar-refractivity contribution in [2.24, 2.45) is 0 Å². The first-order chi connectivity index (χ1) is 16.4.